The van der Waals surface area contributed by atoms with Gasteiger partial charge in [-0.25, -0.2) is 23.2 Å². The van der Waals surface area contributed by atoms with E-state index in [1.54, 1.807) is 13.2 Å². The first-order valence-electron chi connectivity index (χ1n) is 21.5. The average Bonchev–Trinajstić information content (AvgIpc) is 4.06. The largest absolute Gasteiger partial charge is 0.497 e. The van der Waals surface area contributed by atoms with Crippen LogP contribution in [-0.2, 0) is 35.5 Å². The van der Waals surface area contributed by atoms with E-state index in [1.807, 2.05) is 24.3 Å². The summed E-state index contributed by atoms with van der Waals surface area (Å²) in [5.74, 6) is -0.137. The summed E-state index contributed by atoms with van der Waals surface area (Å²) >= 11 is 0. The predicted octanol–water partition coefficient (Wildman–Crippen LogP) is 4.98. The quantitative estimate of drug-likeness (QED) is 0.263. The molecule has 3 aliphatic carbocycles. The lowest BCUT2D eigenvalue weighted by atomic mass is 9.97. The van der Waals surface area contributed by atoms with E-state index in [9.17, 15) is 22.8 Å². The number of alkyl carbamates (subject to hydrolysis) is 1. The van der Waals surface area contributed by atoms with E-state index in [1.165, 1.54) is 12.0 Å². The molecule has 3 bridgehead atoms. The number of aromatic nitrogens is 2. The normalized spacial score (nSPS) is 31.5. The van der Waals surface area contributed by atoms with Crippen LogP contribution in [0.4, 0.5) is 4.79 Å². The third-order valence-electron chi connectivity index (χ3n) is 13.2. The molecule has 3 aliphatic heterocycles. The molecular weight excluding hydrogens is 777 g/mol. The molecule has 1 aromatic heterocycles. The smallest absolute Gasteiger partial charge is 0.408 e. The summed E-state index contributed by atoms with van der Waals surface area (Å²) in [7, 11) is -0.750. The zero-order valence-corrected chi connectivity index (χ0v) is 35.0. The highest BCUT2D eigenvalue weighted by Gasteiger charge is 2.65. The number of nitrogens with zero attached hydrogens (tertiary/aromatic N) is 3. The van der Waals surface area contributed by atoms with Crippen molar-refractivity contribution in [2.24, 2.45) is 11.8 Å². The lowest BCUT2D eigenvalue weighted by molar-refractivity contribution is -0.141. The Bertz CT molecular complexity index is 2080. The van der Waals surface area contributed by atoms with Crippen LogP contribution in [0.25, 0.3) is 11.0 Å². The Morgan fingerprint density at radius 1 is 0.949 bits per heavy atom. The number of carbonyl (C=O) groups is 3. The van der Waals surface area contributed by atoms with Crippen LogP contribution in [0.15, 0.2) is 42.5 Å². The topological polar surface area (TPSA) is 187 Å². The fourth-order valence-electron chi connectivity index (χ4n) is 9.62. The van der Waals surface area contributed by atoms with E-state index >= 15 is 0 Å². The van der Waals surface area contributed by atoms with Crippen molar-refractivity contribution in [1.29, 1.82) is 0 Å². The molecule has 1 aromatic carbocycles. The van der Waals surface area contributed by atoms with E-state index in [0.717, 1.165) is 64.2 Å². The van der Waals surface area contributed by atoms with Crippen LogP contribution in [0, 0.1) is 11.8 Å². The predicted molar refractivity (Wildman–Crippen MR) is 219 cm³/mol. The summed E-state index contributed by atoms with van der Waals surface area (Å²) in [6.07, 6.45) is 13.0. The van der Waals surface area contributed by atoms with E-state index in [4.69, 9.17) is 28.9 Å². The summed E-state index contributed by atoms with van der Waals surface area (Å²) in [6.45, 7) is 4.32. The van der Waals surface area contributed by atoms with Gasteiger partial charge in [-0.05, 0) is 94.3 Å². The Morgan fingerprint density at radius 2 is 1.75 bits per heavy atom. The highest BCUT2D eigenvalue weighted by molar-refractivity contribution is 7.90. The molecule has 4 heterocycles. The van der Waals surface area contributed by atoms with Gasteiger partial charge in [-0.3, -0.25) is 9.59 Å². The summed E-state index contributed by atoms with van der Waals surface area (Å²) in [5, 5.41) is 5.55. The minimum Gasteiger partial charge on any atom is -0.497 e. The summed E-state index contributed by atoms with van der Waals surface area (Å²) < 4.78 is 53.3. The molecule has 1 saturated heterocycles. The van der Waals surface area contributed by atoms with Crippen LogP contribution < -0.4 is 24.8 Å². The van der Waals surface area contributed by atoms with Crippen molar-refractivity contribution in [2.45, 2.75) is 144 Å². The third kappa shape index (κ3) is 8.81. The zero-order valence-electron chi connectivity index (χ0n) is 34.2. The Balaban J connectivity index is 1.16. The van der Waals surface area contributed by atoms with Crippen LogP contribution in [0.3, 0.4) is 0 Å². The van der Waals surface area contributed by atoms with Crippen molar-refractivity contribution in [2.75, 3.05) is 20.8 Å². The van der Waals surface area contributed by atoms with Gasteiger partial charge >= 0.3 is 6.09 Å². The molecule has 59 heavy (non-hydrogen) atoms. The Hall–Kier alpha value is -4.28. The summed E-state index contributed by atoms with van der Waals surface area (Å²) in [5.41, 5.74) is 1.29. The molecule has 0 radical (unpaired) electrons. The maximum atomic E-state index is 14.9. The van der Waals surface area contributed by atoms with Crippen molar-refractivity contribution in [3.05, 3.63) is 48.2 Å². The van der Waals surface area contributed by atoms with Crippen LogP contribution in [0.2, 0.25) is 0 Å². The number of allylic oxidation sites excluding steroid dienone is 1. The third-order valence-corrected chi connectivity index (χ3v) is 15.1. The number of nitrogens with one attached hydrogen (secondary N) is 3. The Morgan fingerprint density at radius 3 is 2.54 bits per heavy atom. The molecule has 3 N–H and O–H groups in total. The SMILES string of the molecule is C=C1C2C=CCCCCCC3NC(=O)OC4CCCC4CCCCCc4nc5ccc(OC)cc5nc4OC4CC(C(=O)NC12C(NS(=O)(=O)C1CC1)OC)N(C4)C3=O. The number of methoxy groups -OCH3 is 2. The molecule has 16 heteroatoms. The molecule has 15 nitrogen and oxygen atoms in total. The van der Waals surface area contributed by atoms with Gasteiger partial charge in [0.15, 0.2) is 0 Å². The molecule has 3 amide bonds. The first-order valence-corrected chi connectivity index (χ1v) is 23.1. The molecule has 2 aromatic rings. The maximum absolute atomic E-state index is 14.9. The van der Waals surface area contributed by atoms with Crippen molar-refractivity contribution < 1.29 is 41.7 Å². The molecule has 6 aliphatic rings. The van der Waals surface area contributed by atoms with Crippen molar-refractivity contribution in [3.63, 3.8) is 0 Å². The summed E-state index contributed by atoms with van der Waals surface area (Å²) in [6, 6.07) is 3.52. The highest BCUT2D eigenvalue weighted by atomic mass is 32.2. The van der Waals surface area contributed by atoms with Crippen LogP contribution in [0.1, 0.15) is 102 Å². The van der Waals surface area contributed by atoms with Gasteiger partial charge in [-0.15, -0.1) is 0 Å². The molecule has 0 spiro atoms. The molecule has 4 fully saturated rings. The van der Waals surface area contributed by atoms with E-state index < -0.39 is 69.1 Å². The van der Waals surface area contributed by atoms with E-state index in [0.29, 0.717) is 66.0 Å². The second-order valence-electron chi connectivity index (χ2n) is 17.1. The number of fused-ring (bicyclic) bond motifs is 6. The van der Waals surface area contributed by atoms with E-state index in [-0.39, 0.29) is 25.0 Å². The fraction of sp³-hybridized carbons (Fsp3) is 0.651. The lowest BCUT2D eigenvalue weighted by Gasteiger charge is -2.32. The molecule has 8 atom stereocenters. The van der Waals surface area contributed by atoms with Gasteiger partial charge < -0.3 is 34.5 Å². The molecule has 3 saturated carbocycles. The fourth-order valence-corrected chi connectivity index (χ4v) is 11.2. The van der Waals surface area contributed by atoms with Gasteiger partial charge in [0.25, 0.3) is 0 Å². The first-order chi connectivity index (χ1) is 28.5. The number of aryl methyl sites for hydroxylation is 1. The molecule has 8 rings (SSSR count). The van der Waals surface area contributed by atoms with Crippen molar-refractivity contribution >= 4 is 39.0 Å². The van der Waals surface area contributed by atoms with Crippen LogP contribution in [-0.4, -0.2) is 103 Å². The lowest BCUT2D eigenvalue weighted by Crippen LogP contribution is -2.60. The number of carbonyl (C=O) groups excluding carboxylic acids is 3. The molecular formula is C43H58N6O9S. The number of hydrogen-bond donors (Lipinski definition) is 3. The van der Waals surface area contributed by atoms with Crippen molar-refractivity contribution in [3.8, 4) is 11.6 Å². The van der Waals surface area contributed by atoms with E-state index in [2.05, 4.69) is 21.9 Å². The highest BCUT2D eigenvalue weighted by Crippen LogP contribution is 2.53. The van der Waals surface area contributed by atoms with Crippen LogP contribution >= 0.6 is 0 Å². The number of hydrogen-bond acceptors (Lipinski definition) is 11. The number of amides is 3. The second-order valence-corrected chi connectivity index (χ2v) is 19.1. The van der Waals surface area contributed by atoms with Gasteiger partial charge in [0.2, 0.25) is 27.7 Å². The number of benzene rings is 1. The standard InChI is InChI=1S/C43H58N6O9S/c1-26-31-15-9-5-4-6-10-17-34-40(51)49-25-29(24-36(49)38(50)47-43(26,31)41(56-3)48-59(53,54)30-20-21-30)57-39-33(44-32-22-19-28(55-2)23-35(32)45-39)16-11-7-8-13-27-14-12-18-37(27)58-42(52)46-34/h9,15,19,22-23,27,29-31,34,36-37,41,48H,1,4-8,10-14,16-18,20-21,24-25H2,2-3H3,(H,46,52)(H,47,50). The maximum Gasteiger partial charge on any atom is 0.408 e. The summed E-state index contributed by atoms with van der Waals surface area (Å²) in [4.78, 5) is 54.7. The number of sulfonamides is 1. The van der Waals surface area contributed by atoms with Gasteiger partial charge in [0, 0.05) is 25.5 Å². The van der Waals surface area contributed by atoms with Crippen LogP contribution in [0.5, 0.6) is 11.6 Å². The first kappa shape index (κ1) is 41.5. The minimum atomic E-state index is -3.74. The second kappa shape index (κ2) is 17.4. The van der Waals surface area contributed by atoms with Gasteiger partial charge in [0.05, 0.1) is 29.9 Å². The van der Waals surface area contributed by atoms with Gasteiger partial charge in [0.1, 0.15) is 47.5 Å². The molecule has 8 unspecified atom stereocenters. The van der Waals surface area contributed by atoms with Gasteiger partial charge in [-0.2, -0.15) is 4.72 Å². The van der Waals surface area contributed by atoms with Gasteiger partial charge in [-0.1, -0.05) is 44.4 Å². The monoisotopic (exact) mass is 834 g/mol. The Kier molecular flexibility index (Phi) is 12.2. The number of ether oxygens (including phenoxy) is 4. The molecule has 320 valence electrons. The minimum absolute atomic E-state index is 0.0331. The number of rotatable bonds is 6. The average molecular weight is 835 g/mol. The zero-order chi connectivity index (χ0) is 41.3. The van der Waals surface area contributed by atoms with Crippen molar-refractivity contribution in [1.82, 2.24) is 30.2 Å². The Labute approximate surface area is 346 Å².